The first kappa shape index (κ1) is 12.5. The zero-order valence-corrected chi connectivity index (χ0v) is 8.67. The van der Waals surface area contributed by atoms with Gasteiger partial charge in [0.25, 0.3) is 0 Å². The van der Waals surface area contributed by atoms with E-state index in [1.807, 2.05) is 6.07 Å². The minimum Gasteiger partial charge on any atom is -0.384 e. The number of aliphatic imine (C=N–C) groups is 1. The van der Waals surface area contributed by atoms with Crippen LogP contribution in [0.3, 0.4) is 0 Å². The lowest BCUT2D eigenvalue weighted by Crippen LogP contribution is -2.14. The van der Waals surface area contributed by atoms with Gasteiger partial charge in [0.05, 0.1) is 0 Å². The van der Waals surface area contributed by atoms with Crippen molar-refractivity contribution in [3.05, 3.63) is 35.9 Å². The smallest absolute Gasteiger partial charge is 0.384 e. The lowest BCUT2D eigenvalue weighted by molar-refractivity contribution is -0.134. The van der Waals surface area contributed by atoms with Gasteiger partial charge in [-0.15, -0.1) is 0 Å². The van der Waals surface area contributed by atoms with E-state index in [1.165, 1.54) is 0 Å². The van der Waals surface area contributed by atoms with Crippen molar-refractivity contribution in [2.75, 3.05) is 6.54 Å². The van der Waals surface area contributed by atoms with Crippen molar-refractivity contribution in [3.8, 4) is 0 Å². The number of amidine groups is 1. The Labute approximate surface area is 92.0 Å². The van der Waals surface area contributed by atoms with E-state index in [9.17, 15) is 13.2 Å². The van der Waals surface area contributed by atoms with Gasteiger partial charge in [0.1, 0.15) is 5.84 Å². The summed E-state index contributed by atoms with van der Waals surface area (Å²) in [6, 6.07) is 8.96. The maximum atomic E-state index is 11.8. The number of hydrogen-bond acceptors (Lipinski definition) is 1. The van der Waals surface area contributed by atoms with E-state index < -0.39 is 12.6 Å². The van der Waals surface area contributed by atoms with Crippen molar-refractivity contribution in [3.63, 3.8) is 0 Å². The maximum Gasteiger partial charge on any atom is 0.389 e. The Kier molecular flexibility index (Phi) is 4.34. The third-order valence-electron chi connectivity index (χ3n) is 1.97. The normalized spacial score (nSPS) is 12.8. The Bertz CT molecular complexity index is 344. The number of nitrogens with two attached hydrogens (primary N) is 1. The molecule has 0 aliphatic rings. The van der Waals surface area contributed by atoms with Gasteiger partial charge in [-0.25, -0.2) is 0 Å². The van der Waals surface area contributed by atoms with E-state index >= 15 is 0 Å². The maximum absolute atomic E-state index is 11.8. The predicted octanol–water partition coefficient (Wildman–Crippen LogP) is 2.73. The summed E-state index contributed by atoms with van der Waals surface area (Å²) in [5, 5.41) is 0. The number of benzene rings is 1. The summed E-state index contributed by atoms with van der Waals surface area (Å²) in [6.07, 6.45) is -4.97. The quantitative estimate of drug-likeness (QED) is 0.482. The second-order valence-corrected chi connectivity index (χ2v) is 3.35. The topological polar surface area (TPSA) is 38.4 Å². The largest absolute Gasteiger partial charge is 0.389 e. The molecule has 0 atom stereocenters. The van der Waals surface area contributed by atoms with Crippen molar-refractivity contribution in [1.29, 1.82) is 0 Å². The number of rotatable bonds is 4. The van der Waals surface area contributed by atoms with Crippen LogP contribution in [-0.2, 0) is 0 Å². The van der Waals surface area contributed by atoms with Crippen LogP contribution in [-0.4, -0.2) is 18.6 Å². The van der Waals surface area contributed by atoms with Gasteiger partial charge in [0.2, 0.25) is 0 Å². The van der Waals surface area contributed by atoms with Gasteiger partial charge in [-0.1, -0.05) is 30.3 Å². The van der Waals surface area contributed by atoms with Gasteiger partial charge in [0, 0.05) is 18.5 Å². The van der Waals surface area contributed by atoms with Crippen LogP contribution in [0.5, 0.6) is 0 Å². The van der Waals surface area contributed by atoms with Crippen molar-refractivity contribution >= 4 is 5.84 Å². The molecule has 0 spiro atoms. The molecule has 2 nitrogen and oxygen atoms in total. The zero-order valence-electron chi connectivity index (χ0n) is 8.67. The fourth-order valence-corrected chi connectivity index (χ4v) is 1.18. The highest BCUT2D eigenvalue weighted by Gasteiger charge is 2.25. The van der Waals surface area contributed by atoms with E-state index in [2.05, 4.69) is 4.99 Å². The first-order chi connectivity index (χ1) is 7.49. The molecule has 0 fully saturated rings. The van der Waals surface area contributed by atoms with Crippen LogP contribution in [0.2, 0.25) is 0 Å². The standard InChI is InChI=1S/C11H13F3N2/c12-11(13,14)7-4-8-16-10(15)9-5-2-1-3-6-9/h1-3,5-6H,4,7-8H2,(H2,15,16). The van der Waals surface area contributed by atoms with E-state index in [-0.39, 0.29) is 18.8 Å². The van der Waals surface area contributed by atoms with Gasteiger partial charge in [-0.05, 0) is 6.42 Å². The van der Waals surface area contributed by atoms with Gasteiger partial charge < -0.3 is 5.73 Å². The second-order valence-electron chi connectivity index (χ2n) is 3.35. The molecule has 0 bridgehead atoms. The average molecular weight is 230 g/mol. The fraction of sp³-hybridized carbons (Fsp3) is 0.364. The van der Waals surface area contributed by atoms with Gasteiger partial charge in [0.15, 0.2) is 0 Å². The minimum absolute atomic E-state index is 0.0307. The molecule has 0 aliphatic carbocycles. The van der Waals surface area contributed by atoms with Crippen molar-refractivity contribution in [2.24, 2.45) is 10.7 Å². The van der Waals surface area contributed by atoms with E-state index in [4.69, 9.17) is 5.73 Å². The Morgan fingerprint density at radius 2 is 1.81 bits per heavy atom. The van der Waals surface area contributed by atoms with Crippen LogP contribution < -0.4 is 5.73 Å². The summed E-state index contributed by atoms with van der Waals surface area (Å²) in [5.41, 5.74) is 6.34. The monoisotopic (exact) mass is 230 g/mol. The van der Waals surface area contributed by atoms with E-state index in [1.54, 1.807) is 24.3 Å². The second kappa shape index (κ2) is 5.53. The summed E-state index contributed by atoms with van der Waals surface area (Å²) < 4.78 is 35.5. The third kappa shape index (κ3) is 4.82. The van der Waals surface area contributed by atoms with Gasteiger partial charge in [-0.3, -0.25) is 4.99 Å². The van der Waals surface area contributed by atoms with Gasteiger partial charge in [-0.2, -0.15) is 13.2 Å². The molecule has 1 aromatic rings. The molecule has 0 radical (unpaired) electrons. The Morgan fingerprint density at radius 1 is 1.19 bits per heavy atom. The highest BCUT2D eigenvalue weighted by molar-refractivity contribution is 5.97. The fourth-order valence-electron chi connectivity index (χ4n) is 1.18. The predicted molar refractivity (Wildman–Crippen MR) is 57.3 cm³/mol. The SMILES string of the molecule is NC(=NCCCC(F)(F)F)c1ccccc1. The molecule has 2 N–H and O–H groups in total. The summed E-state index contributed by atoms with van der Waals surface area (Å²) in [7, 11) is 0. The molecule has 0 heterocycles. The highest BCUT2D eigenvalue weighted by atomic mass is 19.4. The third-order valence-corrected chi connectivity index (χ3v) is 1.97. The number of nitrogens with zero attached hydrogens (tertiary/aromatic N) is 1. The molecule has 5 heteroatoms. The first-order valence-electron chi connectivity index (χ1n) is 4.91. The van der Waals surface area contributed by atoms with Crippen LogP contribution in [0, 0.1) is 0 Å². The van der Waals surface area contributed by atoms with Crippen molar-refractivity contribution in [1.82, 2.24) is 0 Å². The minimum atomic E-state index is -4.11. The molecule has 0 amide bonds. The summed E-state index contributed by atoms with van der Waals surface area (Å²) in [5.74, 6) is 0.280. The molecule has 1 rings (SSSR count). The molecule has 16 heavy (non-hydrogen) atoms. The Hall–Kier alpha value is -1.52. The zero-order chi connectivity index (χ0) is 12.0. The van der Waals surface area contributed by atoms with E-state index in [0.717, 1.165) is 5.56 Å². The van der Waals surface area contributed by atoms with Crippen molar-refractivity contribution < 1.29 is 13.2 Å². The molecule has 0 aromatic heterocycles. The molecular weight excluding hydrogens is 217 g/mol. The molecule has 0 saturated heterocycles. The lowest BCUT2D eigenvalue weighted by Gasteiger charge is -2.04. The Morgan fingerprint density at radius 3 is 2.38 bits per heavy atom. The van der Waals surface area contributed by atoms with Gasteiger partial charge >= 0.3 is 6.18 Å². The Balaban J connectivity index is 2.41. The molecule has 0 unspecified atom stereocenters. The van der Waals surface area contributed by atoms with Crippen LogP contribution >= 0.6 is 0 Å². The first-order valence-corrected chi connectivity index (χ1v) is 4.91. The summed E-state index contributed by atoms with van der Waals surface area (Å²) in [6.45, 7) is 0.0975. The average Bonchev–Trinajstić information content (AvgIpc) is 2.24. The number of hydrogen-bond donors (Lipinski definition) is 1. The molecular formula is C11H13F3N2. The summed E-state index contributed by atoms with van der Waals surface area (Å²) >= 11 is 0. The van der Waals surface area contributed by atoms with E-state index in [0.29, 0.717) is 0 Å². The van der Waals surface area contributed by atoms with Crippen LogP contribution in [0.1, 0.15) is 18.4 Å². The van der Waals surface area contributed by atoms with Crippen LogP contribution in [0.4, 0.5) is 13.2 Å². The highest BCUT2D eigenvalue weighted by Crippen LogP contribution is 2.20. The molecule has 0 saturated carbocycles. The molecule has 0 aliphatic heterocycles. The number of alkyl halides is 3. The summed E-state index contributed by atoms with van der Waals surface area (Å²) in [4.78, 5) is 3.89. The number of halogens is 3. The van der Waals surface area contributed by atoms with Crippen molar-refractivity contribution in [2.45, 2.75) is 19.0 Å². The molecule has 1 aromatic carbocycles. The van der Waals surface area contributed by atoms with Crippen LogP contribution in [0.25, 0.3) is 0 Å². The van der Waals surface area contributed by atoms with Crippen LogP contribution in [0.15, 0.2) is 35.3 Å². The molecule has 88 valence electrons. The lowest BCUT2D eigenvalue weighted by atomic mass is 10.2.